The molecule has 0 radical (unpaired) electrons. The third-order valence-electron chi connectivity index (χ3n) is 4.83. The summed E-state index contributed by atoms with van der Waals surface area (Å²) < 4.78 is 6.46. The van der Waals surface area contributed by atoms with Crippen LogP contribution in [0.1, 0.15) is 13.8 Å². The van der Waals surface area contributed by atoms with E-state index in [1.165, 1.54) is 23.1 Å². The first kappa shape index (κ1) is 22.9. The standard InChI is InChI=1S/C22H26ClN3O2S2/c1-4-25(5-2)13-14-26(20(27)15-29-17-11-9-16(23)10-12-17)22-24-21-18(28-3)7-6-8-19(21)30-22/h6-12H,4-5,13-15H2,1-3H3. The number of fused-ring (bicyclic) bond motifs is 1. The van der Waals surface area contributed by atoms with Crippen LogP contribution >= 0.6 is 34.7 Å². The first-order chi connectivity index (χ1) is 14.5. The zero-order chi connectivity index (χ0) is 21.5. The van der Waals surface area contributed by atoms with E-state index >= 15 is 0 Å². The Morgan fingerprint density at radius 2 is 1.87 bits per heavy atom. The van der Waals surface area contributed by atoms with Crippen molar-refractivity contribution < 1.29 is 9.53 Å². The van der Waals surface area contributed by atoms with E-state index in [2.05, 4.69) is 18.7 Å². The second kappa shape index (κ2) is 11.0. The molecule has 0 N–H and O–H groups in total. The number of thiazole rings is 1. The number of carbonyl (C=O) groups excluding carboxylic acids is 1. The Labute approximate surface area is 191 Å². The minimum atomic E-state index is 0.0418. The summed E-state index contributed by atoms with van der Waals surface area (Å²) in [5.74, 6) is 1.11. The lowest BCUT2D eigenvalue weighted by atomic mass is 10.3. The fourth-order valence-electron chi connectivity index (χ4n) is 3.05. The number of halogens is 1. The van der Waals surface area contributed by atoms with Gasteiger partial charge in [-0.3, -0.25) is 9.69 Å². The Bertz CT molecular complexity index is 974. The van der Waals surface area contributed by atoms with E-state index in [0.717, 1.165) is 40.5 Å². The average molecular weight is 464 g/mol. The molecule has 3 rings (SSSR count). The Balaban J connectivity index is 1.82. The summed E-state index contributed by atoms with van der Waals surface area (Å²) in [5, 5.41) is 1.40. The van der Waals surface area contributed by atoms with Crippen molar-refractivity contribution in [2.24, 2.45) is 0 Å². The molecule has 0 aliphatic carbocycles. The number of methoxy groups -OCH3 is 1. The Kier molecular flexibility index (Phi) is 8.39. The third kappa shape index (κ3) is 5.66. The van der Waals surface area contributed by atoms with Gasteiger partial charge in [0.15, 0.2) is 5.13 Å². The number of nitrogens with zero attached hydrogens (tertiary/aromatic N) is 3. The summed E-state index contributed by atoms with van der Waals surface area (Å²) in [6.07, 6.45) is 0. The number of para-hydroxylation sites is 1. The van der Waals surface area contributed by atoms with Crippen LogP contribution in [-0.2, 0) is 4.79 Å². The fourth-order valence-corrected chi connectivity index (χ4v) is 4.98. The number of anilines is 1. The lowest BCUT2D eigenvalue weighted by Gasteiger charge is -2.24. The van der Waals surface area contributed by atoms with Gasteiger partial charge in [-0.2, -0.15) is 0 Å². The minimum Gasteiger partial charge on any atom is -0.494 e. The molecule has 0 saturated carbocycles. The zero-order valence-electron chi connectivity index (χ0n) is 17.4. The Hall–Kier alpha value is -1.80. The monoisotopic (exact) mass is 463 g/mol. The van der Waals surface area contributed by atoms with E-state index in [1.807, 2.05) is 47.4 Å². The second-order valence-electron chi connectivity index (χ2n) is 6.62. The van der Waals surface area contributed by atoms with Gasteiger partial charge in [-0.1, -0.05) is 42.9 Å². The van der Waals surface area contributed by atoms with Gasteiger partial charge in [0.2, 0.25) is 5.91 Å². The van der Waals surface area contributed by atoms with Gasteiger partial charge in [0.05, 0.1) is 17.6 Å². The van der Waals surface area contributed by atoms with Crippen LogP contribution in [0.4, 0.5) is 5.13 Å². The van der Waals surface area contributed by atoms with Crippen LogP contribution in [0.3, 0.4) is 0 Å². The topological polar surface area (TPSA) is 45.7 Å². The fraction of sp³-hybridized carbons (Fsp3) is 0.364. The number of hydrogen-bond acceptors (Lipinski definition) is 6. The van der Waals surface area contributed by atoms with Crippen LogP contribution in [0.5, 0.6) is 5.75 Å². The van der Waals surface area contributed by atoms with Gasteiger partial charge in [0.1, 0.15) is 11.3 Å². The highest BCUT2D eigenvalue weighted by atomic mass is 35.5. The number of benzene rings is 2. The zero-order valence-corrected chi connectivity index (χ0v) is 19.8. The number of ether oxygens (including phenoxy) is 1. The molecular formula is C22H26ClN3O2S2. The van der Waals surface area contributed by atoms with Gasteiger partial charge in [-0.25, -0.2) is 4.98 Å². The summed E-state index contributed by atoms with van der Waals surface area (Å²) in [6, 6.07) is 13.4. The molecule has 0 saturated heterocycles. The molecule has 0 atom stereocenters. The van der Waals surface area contributed by atoms with E-state index in [1.54, 1.807) is 7.11 Å². The molecule has 1 aromatic heterocycles. The molecule has 1 amide bonds. The summed E-state index contributed by atoms with van der Waals surface area (Å²) in [7, 11) is 1.64. The highest BCUT2D eigenvalue weighted by molar-refractivity contribution is 8.00. The minimum absolute atomic E-state index is 0.0418. The van der Waals surface area contributed by atoms with Gasteiger partial charge in [0.25, 0.3) is 0 Å². The van der Waals surface area contributed by atoms with Crippen molar-refractivity contribution in [3.8, 4) is 5.75 Å². The predicted molar refractivity (Wildman–Crippen MR) is 128 cm³/mol. The highest BCUT2D eigenvalue weighted by Gasteiger charge is 2.21. The number of amides is 1. The molecule has 0 spiro atoms. The second-order valence-corrected chi connectivity index (χ2v) is 9.11. The van der Waals surface area contributed by atoms with Crippen molar-refractivity contribution >= 4 is 56.0 Å². The summed E-state index contributed by atoms with van der Waals surface area (Å²) in [4.78, 5) is 23.1. The first-order valence-electron chi connectivity index (χ1n) is 9.90. The Morgan fingerprint density at radius 3 is 2.53 bits per heavy atom. The molecule has 0 aliphatic heterocycles. The van der Waals surface area contributed by atoms with Gasteiger partial charge < -0.3 is 9.64 Å². The van der Waals surface area contributed by atoms with Gasteiger partial charge in [-0.15, -0.1) is 11.8 Å². The van der Waals surface area contributed by atoms with Crippen LogP contribution in [-0.4, -0.2) is 54.8 Å². The smallest absolute Gasteiger partial charge is 0.239 e. The van der Waals surface area contributed by atoms with Gasteiger partial charge in [0, 0.05) is 23.0 Å². The molecule has 30 heavy (non-hydrogen) atoms. The summed E-state index contributed by atoms with van der Waals surface area (Å²) in [6.45, 7) is 7.57. The third-order valence-corrected chi connectivity index (χ3v) is 7.13. The largest absolute Gasteiger partial charge is 0.494 e. The summed E-state index contributed by atoms with van der Waals surface area (Å²) >= 11 is 8.99. The number of thioether (sulfide) groups is 1. The van der Waals surface area contributed by atoms with E-state index in [-0.39, 0.29) is 5.91 Å². The maximum Gasteiger partial charge on any atom is 0.239 e. The van der Waals surface area contributed by atoms with Gasteiger partial charge in [-0.05, 0) is 49.5 Å². The van der Waals surface area contributed by atoms with Crippen LogP contribution < -0.4 is 9.64 Å². The van der Waals surface area contributed by atoms with Crippen LogP contribution in [0.2, 0.25) is 5.02 Å². The van der Waals surface area contributed by atoms with Crippen molar-refractivity contribution in [1.29, 1.82) is 0 Å². The van der Waals surface area contributed by atoms with Crippen molar-refractivity contribution in [1.82, 2.24) is 9.88 Å². The van der Waals surface area contributed by atoms with E-state index in [0.29, 0.717) is 22.5 Å². The first-order valence-corrected chi connectivity index (χ1v) is 12.1. The molecule has 0 fully saturated rings. The Morgan fingerprint density at radius 1 is 1.13 bits per heavy atom. The van der Waals surface area contributed by atoms with Crippen LogP contribution in [0.15, 0.2) is 47.4 Å². The predicted octanol–water partition coefficient (Wildman–Crippen LogP) is 5.43. The van der Waals surface area contributed by atoms with E-state index < -0.39 is 0 Å². The molecular weight excluding hydrogens is 438 g/mol. The number of hydrogen-bond donors (Lipinski definition) is 0. The molecule has 0 aliphatic rings. The number of aromatic nitrogens is 1. The summed E-state index contributed by atoms with van der Waals surface area (Å²) in [5.41, 5.74) is 0.797. The normalized spacial score (nSPS) is 11.2. The maximum atomic E-state index is 13.2. The molecule has 2 aromatic carbocycles. The lowest BCUT2D eigenvalue weighted by Crippen LogP contribution is -2.39. The quantitative estimate of drug-likeness (QED) is 0.375. The van der Waals surface area contributed by atoms with Crippen LogP contribution in [0, 0.1) is 0 Å². The van der Waals surface area contributed by atoms with Gasteiger partial charge >= 0.3 is 0 Å². The highest BCUT2D eigenvalue weighted by Crippen LogP contribution is 2.34. The van der Waals surface area contributed by atoms with E-state index in [4.69, 9.17) is 21.3 Å². The molecule has 5 nitrogen and oxygen atoms in total. The van der Waals surface area contributed by atoms with Crippen molar-refractivity contribution in [3.63, 3.8) is 0 Å². The van der Waals surface area contributed by atoms with Crippen molar-refractivity contribution in [2.45, 2.75) is 18.7 Å². The van der Waals surface area contributed by atoms with Crippen molar-refractivity contribution in [3.05, 3.63) is 47.5 Å². The molecule has 8 heteroatoms. The maximum absolute atomic E-state index is 13.2. The average Bonchev–Trinajstić information content (AvgIpc) is 3.20. The van der Waals surface area contributed by atoms with E-state index in [9.17, 15) is 4.79 Å². The molecule has 1 heterocycles. The number of rotatable bonds is 10. The SMILES string of the molecule is CCN(CC)CCN(C(=O)CSc1ccc(Cl)cc1)c1nc2c(OC)cccc2s1. The lowest BCUT2D eigenvalue weighted by molar-refractivity contribution is -0.116. The molecule has 160 valence electrons. The van der Waals surface area contributed by atoms with Crippen LogP contribution in [0.25, 0.3) is 10.2 Å². The van der Waals surface area contributed by atoms with Crippen molar-refractivity contribution in [2.75, 3.05) is 43.9 Å². The number of carbonyl (C=O) groups is 1. The molecule has 3 aromatic rings. The molecule has 0 bridgehead atoms. The molecule has 0 unspecified atom stereocenters. The number of likely N-dealkylation sites (N-methyl/N-ethyl adjacent to an activating group) is 1.